The van der Waals surface area contributed by atoms with Crippen molar-refractivity contribution in [3.8, 4) is 0 Å². The molecule has 1 aromatic carbocycles. The second-order valence-electron chi connectivity index (χ2n) is 3.23. The van der Waals surface area contributed by atoms with Gasteiger partial charge >= 0.3 is 0 Å². The molecule has 0 atom stereocenters. The molecular formula is C12H14INS2. The number of fused-ring (bicyclic) bond motifs is 1. The van der Waals surface area contributed by atoms with E-state index >= 15 is 0 Å². The average Bonchev–Trinajstić information content (AvgIpc) is 2.57. The fourth-order valence-corrected chi connectivity index (χ4v) is 3.03. The van der Waals surface area contributed by atoms with E-state index in [4.69, 9.17) is 0 Å². The van der Waals surface area contributed by atoms with Gasteiger partial charge in [-0.15, -0.1) is 11.8 Å². The van der Waals surface area contributed by atoms with Gasteiger partial charge in [0.2, 0.25) is 5.52 Å². The second-order valence-corrected chi connectivity index (χ2v) is 5.47. The van der Waals surface area contributed by atoms with Crippen molar-refractivity contribution in [3.05, 3.63) is 34.7 Å². The number of thioether (sulfide) groups is 1. The smallest absolute Gasteiger partial charge is 0.263 e. The first-order valence-electron chi connectivity index (χ1n) is 4.98. The third kappa shape index (κ3) is 2.99. The van der Waals surface area contributed by atoms with Gasteiger partial charge in [0.15, 0.2) is 0 Å². The fraction of sp³-hybridized carbons (Fsp3) is 0.250. The van der Waals surface area contributed by atoms with E-state index in [1.807, 2.05) is 23.1 Å². The molecule has 0 saturated heterocycles. The standard InChI is InChI=1S/C12H14NS2.HI/c1-3-14-9-8-12-13(2)10-6-4-5-7-11(10)15-12;/h4-9H,3H2,1-2H3;1H/q+1;/p-1. The third-order valence-electron chi connectivity index (χ3n) is 2.25. The van der Waals surface area contributed by atoms with Crippen LogP contribution in [0, 0.1) is 0 Å². The van der Waals surface area contributed by atoms with Crippen molar-refractivity contribution < 1.29 is 28.5 Å². The lowest BCUT2D eigenvalue weighted by molar-refractivity contribution is -0.642. The monoisotopic (exact) mass is 363 g/mol. The van der Waals surface area contributed by atoms with Crippen LogP contribution in [0.1, 0.15) is 11.9 Å². The molecule has 0 aliphatic carbocycles. The Balaban J connectivity index is 0.00000128. The molecule has 0 N–H and O–H groups in total. The molecule has 4 heteroatoms. The first kappa shape index (κ1) is 14.0. The molecule has 16 heavy (non-hydrogen) atoms. The summed E-state index contributed by atoms with van der Waals surface area (Å²) in [5, 5.41) is 3.47. The molecule has 0 aliphatic heterocycles. The predicted octanol–water partition coefficient (Wildman–Crippen LogP) is 0.454. The second kappa shape index (κ2) is 6.61. The van der Waals surface area contributed by atoms with Crippen LogP contribution in [0.2, 0.25) is 0 Å². The van der Waals surface area contributed by atoms with Crippen molar-refractivity contribution in [1.82, 2.24) is 0 Å². The summed E-state index contributed by atoms with van der Waals surface area (Å²) in [5.74, 6) is 1.13. The van der Waals surface area contributed by atoms with Crippen LogP contribution in [0.15, 0.2) is 29.7 Å². The molecule has 0 bridgehead atoms. The molecule has 0 amide bonds. The number of hydrogen-bond acceptors (Lipinski definition) is 2. The molecule has 0 unspecified atom stereocenters. The van der Waals surface area contributed by atoms with Gasteiger partial charge in [0.05, 0.1) is 0 Å². The number of benzene rings is 1. The van der Waals surface area contributed by atoms with Crippen molar-refractivity contribution in [1.29, 1.82) is 0 Å². The zero-order chi connectivity index (χ0) is 10.7. The molecule has 0 aliphatic rings. The van der Waals surface area contributed by atoms with Gasteiger partial charge in [-0.25, -0.2) is 0 Å². The lowest BCUT2D eigenvalue weighted by atomic mass is 10.3. The van der Waals surface area contributed by atoms with E-state index in [0.717, 1.165) is 5.75 Å². The van der Waals surface area contributed by atoms with Gasteiger partial charge in [0.1, 0.15) is 11.7 Å². The van der Waals surface area contributed by atoms with Crippen LogP contribution < -0.4 is 28.5 Å². The highest BCUT2D eigenvalue weighted by atomic mass is 127. The molecule has 1 nitrogen and oxygen atoms in total. The van der Waals surface area contributed by atoms with Crippen LogP contribution in [-0.2, 0) is 7.05 Å². The van der Waals surface area contributed by atoms with Crippen molar-refractivity contribution in [2.75, 3.05) is 5.75 Å². The fourth-order valence-electron chi connectivity index (χ4n) is 1.47. The average molecular weight is 363 g/mol. The number of para-hydroxylation sites is 1. The van der Waals surface area contributed by atoms with Crippen molar-refractivity contribution in [3.63, 3.8) is 0 Å². The number of nitrogens with zero attached hydrogens (tertiary/aromatic N) is 1. The van der Waals surface area contributed by atoms with E-state index in [0.29, 0.717) is 0 Å². The summed E-state index contributed by atoms with van der Waals surface area (Å²) in [4.78, 5) is 0. The third-order valence-corrected chi connectivity index (χ3v) is 4.09. The van der Waals surface area contributed by atoms with E-state index in [2.05, 4.69) is 54.3 Å². The minimum absolute atomic E-state index is 0. The highest BCUT2D eigenvalue weighted by molar-refractivity contribution is 8.02. The van der Waals surface area contributed by atoms with E-state index in [-0.39, 0.29) is 24.0 Å². The number of hydrogen-bond donors (Lipinski definition) is 0. The molecule has 0 fully saturated rings. The van der Waals surface area contributed by atoms with Crippen LogP contribution >= 0.6 is 23.1 Å². The Labute approximate surface area is 122 Å². The SMILES string of the molecule is CCSC=Cc1sc2ccccc2[n+]1C.[I-]. The molecule has 2 rings (SSSR count). The highest BCUT2D eigenvalue weighted by Gasteiger charge is 2.12. The van der Waals surface area contributed by atoms with Gasteiger partial charge in [-0.05, 0) is 17.2 Å². The van der Waals surface area contributed by atoms with Crippen LogP contribution in [0.4, 0.5) is 0 Å². The quantitative estimate of drug-likeness (QED) is 0.566. The van der Waals surface area contributed by atoms with E-state index in [1.54, 1.807) is 0 Å². The number of rotatable bonds is 3. The van der Waals surface area contributed by atoms with E-state index in [9.17, 15) is 0 Å². The lowest BCUT2D eigenvalue weighted by Gasteiger charge is -1.85. The van der Waals surface area contributed by atoms with Gasteiger partial charge in [0.25, 0.3) is 5.01 Å². The predicted molar refractivity (Wildman–Crippen MR) is 70.2 cm³/mol. The minimum Gasteiger partial charge on any atom is -1.00 e. The highest BCUT2D eigenvalue weighted by Crippen LogP contribution is 2.21. The van der Waals surface area contributed by atoms with Gasteiger partial charge in [-0.1, -0.05) is 30.4 Å². The molecule has 2 aromatic rings. The van der Waals surface area contributed by atoms with Crippen LogP contribution in [0.3, 0.4) is 0 Å². The summed E-state index contributed by atoms with van der Waals surface area (Å²) < 4.78 is 3.59. The zero-order valence-electron chi connectivity index (χ0n) is 9.31. The van der Waals surface area contributed by atoms with Gasteiger partial charge in [-0.2, -0.15) is 4.57 Å². The minimum atomic E-state index is 0. The van der Waals surface area contributed by atoms with Crippen LogP contribution in [-0.4, -0.2) is 5.75 Å². The van der Waals surface area contributed by atoms with E-state index < -0.39 is 0 Å². The van der Waals surface area contributed by atoms with Crippen molar-refractivity contribution >= 4 is 39.4 Å². The normalized spacial score (nSPS) is 10.9. The molecule has 0 radical (unpaired) electrons. The largest absolute Gasteiger partial charge is 1.00 e. The van der Waals surface area contributed by atoms with Crippen LogP contribution in [0.25, 0.3) is 16.3 Å². The van der Waals surface area contributed by atoms with Crippen molar-refractivity contribution in [2.45, 2.75) is 6.92 Å². The first-order valence-corrected chi connectivity index (χ1v) is 6.85. The lowest BCUT2D eigenvalue weighted by Crippen LogP contribution is -3.00. The summed E-state index contributed by atoms with van der Waals surface area (Å²) in [5.41, 5.74) is 1.31. The Kier molecular flexibility index (Phi) is 5.78. The Hall–Kier alpha value is -0.0700. The molecule has 1 aromatic heterocycles. The Bertz CT molecular complexity index is 491. The Morgan fingerprint density at radius 1 is 1.38 bits per heavy atom. The first-order chi connectivity index (χ1) is 7.33. The topological polar surface area (TPSA) is 3.88 Å². The molecule has 0 saturated carbocycles. The number of halogens is 1. The van der Waals surface area contributed by atoms with Crippen molar-refractivity contribution in [2.24, 2.45) is 7.05 Å². The summed E-state index contributed by atoms with van der Waals surface area (Å²) in [6, 6.07) is 8.51. The molecular weight excluding hydrogens is 349 g/mol. The van der Waals surface area contributed by atoms with Crippen LogP contribution in [0.5, 0.6) is 0 Å². The number of aryl methyl sites for hydroxylation is 1. The maximum atomic E-state index is 2.24. The molecule has 1 heterocycles. The van der Waals surface area contributed by atoms with Gasteiger partial charge in [0, 0.05) is 12.1 Å². The summed E-state index contributed by atoms with van der Waals surface area (Å²) in [6.07, 6.45) is 2.19. The maximum absolute atomic E-state index is 2.24. The zero-order valence-corrected chi connectivity index (χ0v) is 13.1. The molecule has 86 valence electrons. The maximum Gasteiger partial charge on any atom is 0.263 e. The molecule has 0 spiro atoms. The summed E-state index contributed by atoms with van der Waals surface area (Å²) in [7, 11) is 2.12. The van der Waals surface area contributed by atoms with Gasteiger partial charge < -0.3 is 24.0 Å². The Morgan fingerprint density at radius 3 is 2.81 bits per heavy atom. The summed E-state index contributed by atoms with van der Waals surface area (Å²) in [6.45, 7) is 2.17. The number of aromatic nitrogens is 1. The van der Waals surface area contributed by atoms with Gasteiger partial charge in [-0.3, -0.25) is 0 Å². The summed E-state index contributed by atoms with van der Waals surface area (Å²) >= 11 is 3.67. The number of thiazole rings is 1. The Morgan fingerprint density at radius 2 is 2.12 bits per heavy atom. The van der Waals surface area contributed by atoms with E-state index in [1.165, 1.54) is 15.2 Å².